The second-order valence-corrected chi connectivity index (χ2v) is 3.69. The summed E-state index contributed by atoms with van der Waals surface area (Å²) in [6.07, 6.45) is 0. The molecule has 11 heteroatoms. The van der Waals surface area contributed by atoms with Gasteiger partial charge in [0.15, 0.2) is 0 Å². The van der Waals surface area contributed by atoms with Gasteiger partial charge in [-0.3, -0.25) is 0 Å². The van der Waals surface area contributed by atoms with Gasteiger partial charge in [0.1, 0.15) is 0 Å². The van der Waals surface area contributed by atoms with E-state index in [0.29, 0.717) is 0 Å². The van der Waals surface area contributed by atoms with Gasteiger partial charge in [-0.25, -0.2) is 0 Å². The van der Waals surface area contributed by atoms with Crippen LogP contribution in [-0.4, -0.2) is 40.5 Å². The van der Waals surface area contributed by atoms with Crippen molar-refractivity contribution in [2.24, 2.45) is 0 Å². The molecule has 0 amide bonds. The van der Waals surface area contributed by atoms with E-state index < -0.39 is 27.2 Å². The summed E-state index contributed by atoms with van der Waals surface area (Å²) in [5.41, 5.74) is 0. The maximum Gasteiger partial charge on any atom is 0 e. The monoisotopic (exact) mass is 356 g/mol. The van der Waals surface area contributed by atoms with Crippen LogP contribution in [0.3, 0.4) is 0 Å². The van der Waals surface area contributed by atoms with Crippen molar-refractivity contribution >= 4 is 23.9 Å². The van der Waals surface area contributed by atoms with E-state index in [1.54, 1.807) is 0 Å². The summed E-state index contributed by atoms with van der Waals surface area (Å²) in [4.78, 5) is 0. The Labute approximate surface area is 82.6 Å². The Morgan fingerprint density at radius 1 is 0.636 bits per heavy atom. The molecule has 8 nitrogen and oxygen atoms in total. The third kappa shape index (κ3) is 1060. The van der Waals surface area contributed by atoms with Gasteiger partial charge in [-0.1, -0.05) is 0 Å². The number of hydrogen-bond acceptors (Lipinski definition) is 4. The molecule has 0 heterocycles. The summed E-state index contributed by atoms with van der Waals surface area (Å²) in [5, 5.41) is 0. The number of rotatable bonds is 0. The zero-order valence-corrected chi connectivity index (χ0v) is 10.1. The van der Waals surface area contributed by atoms with Crippen LogP contribution in [0.2, 0.25) is 0 Å². The third-order valence-corrected chi connectivity index (χ3v) is 0. The molecule has 0 saturated carbocycles. The molecule has 0 fully saturated rings. The van der Waals surface area contributed by atoms with Gasteiger partial charge in [0.2, 0.25) is 0 Å². The summed E-state index contributed by atoms with van der Waals surface area (Å²) >= 11 is -10.5. The zero-order valence-electron chi connectivity index (χ0n) is 4.74. The van der Waals surface area contributed by atoms with Gasteiger partial charge < -0.3 is 0 Å². The summed E-state index contributed by atoms with van der Waals surface area (Å²) in [7, 11) is 0. The van der Waals surface area contributed by atoms with Crippen LogP contribution in [0, 0.1) is 0 Å². The summed E-state index contributed by atoms with van der Waals surface area (Å²) in [5.74, 6) is 0. The van der Waals surface area contributed by atoms with Crippen molar-refractivity contribution < 1.29 is 59.1 Å². The van der Waals surface area contributed by atoms with E-state index in [4.69, 9.17) is 31.8 Å². The normalized spacial score (nSPS) is 10.5. The first-order chi connectivity index (χ1) is 4.00. The summed E-state index contributed by atoms with van der Waals surface area (Å²) in [6, 6.07) is 0. The second kappa shape index (κ2) is 6.42. The molecule has 0 aromatic rings. The molecule has 0 aliphatic rings. The first-order valence-electron chi connectivity index (χ1n) is 1.40. The first-order valence-corrected chi connectivity index (χ1v) is 5.76. The zero-order chi connectivity index (χ0) is 9.00. The molecule has 0 atom stereocenters. The van der Waals surface area contributed by atoms with Crippen LogP contribution < -0.4 is 0 Å². The fourth-order valence-corrected chi connectivity index (χ4v) is 0. The minimum absolute atomic E-state index is 0. The molecule has 0 aliphatic carbocycles. The molecule has 68 valence electrons. The molecule has 0 aliphatic heterocycles. The van der Waals surface area contributed by atoms with Crippen molar-refractivity contribution in [2.45, 2.75) is 0 Å². The summed E-state index contributed by atoms with van der Waals surface area (Å²) in [6.45, 7) is 0. The van der Waals surface area contributed by atoms with E-state index >= 15 is 0 Å². The minimum atomic E-state index is -5.25. The molecule has 0 spiro atoms. The Morgan fingerprint density at radius 3 is 0.636 bits per heavy atom. The number of hydrogen-bond donors (Lipinski definition) is 4. The Bertz CT molecular complexity index is 208. The van der Waals surface area contributed by atoms with Crippen molar-refractivity contribution in [3.8, 4) is 0 Å². The van der Waals surface area contributed by atoms with Crippen LogP contribution in [0.5, 0.6) is 0 Å². The maximum absolute atomic E-state index is 8.82. The molecular formula is H4Cr2O8Sn. The van der Waals surface area contributed by atoms with Crippen molar-refractivity contribution in [2.75, 3.05) is 0 Å². The van der Waals surface area contributed by atoms with Crippen molar-refractivity contribution in [3.63, 3.8) is 0 Å². The quantitative estimate of drug-likeness (QED) is 0.334. The molecule has 0 unspecified atom stereocenters. The van der Waals surface area contributed by atoms with Crippen molar-refractivity contribution in [1.82, 2.24) is 0 Å². The molecule has 0 bridgehead atoms. The largest absolute Gasteiger partial charge is 0 e. The van der Waals surface area contributed by atoms with E-state index in [-0.39, 0.29) is 23.9 Å². The van der Waals surface area contributed by atoms with Gasteiger partial charge >= 0.3 is 59.1 Å². The predicted molar refractivity (Wildman–Crippen MR) is 17.4 cm³/mol. The average Bonchev–Trinajstić information content (AvgIpc) is 1.12. The molecule has 0 aromatic carbocycles. The predicted octanol–water partition coefficient (Wildman–Crippen LogP) is -3.09. The van der Waals surface area contributed by atoms with E-state index in [2.05, 4.69) is 0 Å². The maximum atomic E-state index is 8.82. The molecule has 0 rings (SSSR count). The Kier molecular flexibility index (Phi) is 10.4. The molecule has 0 saturated heterocycles. The van der Waals surface area contributed by atoms with E-state index in [1.165, 1.54) is 0 Å². The van der Waals surface area contributed by atoms with Gasteiger partial charge in [0.05, 0.1) is 0 Å². The smallest absolute Gasteiger partial charge is 0 e. The second-order valence-electron chi connectivity index (χ2n) is 0.896. The van der Waals surface area contributed by atoms with Crippen LogP contribution in [0.15, 0.2) is 0 Å². The van der Waals surface area contributed by atoms with E-state index in [1.807, 2.05) is 0 Å². The molecule has 0 aromatic heterocycles. The van der Waals surface area contributed by atoms with Gasteiger partial charge in [0, 0.05) is 23.9 Å². The molecule has 4 N–H and O–H groups in total. The Morgan fingerprint density at radius 2 is 0.636 bits per heavy atom. The standard InChI is InChI=1S/2Cr.4H2O.4O.Sn/h;;4*1H2;;;;;/q2*+2;;;;;;;;;/p-4. The molecular weight excluding hydrogens is 351 g/mol. The first kappa shape index (κ1) is 17.9. The van der Waals surface area contributed by atoms with Crippen molar-refractivity contribution in [3.05, 3.63) is 0 Å². The van der Waals surface area contributed by atoms with Crippen molar-refractivity contribution in [1.29, 1.82) is 0 Å². The van der Waals surface area contributed by atoms with Crippen LogP contribution >= 0.6 is 0 Å². The van der Waals surface area contributed by atoms with E-state index in [0.717, 1.165) is 0 Å². The van der Waals surface area contributed by atoms with Gasteiger partial charge in [-0.05, 0) is 0 Å². The third-order valence-electron chi connectivity index (χ3n) is 0. The fraction of sp³-hybridized carbons (Fsp3) is 0. The fourth-order valence-electron chi connectivity index (χ4n) is 0. The van der Waals surface area contributed by atoms with Gasteiger partial charge in [-0.2, -0.15) is 0 Å². The van der Waals surface area contributed by atoms with Crippen LogP contribution in [0.25, 0.3) is 0 Å². The van der Waals surface area contributed by atoms with Crippen LogP contribution in [0.4, 0.5) is 0 Å². The molecule has 11 heavy (non-hydrogen) atoms. The Hall–Kier alpha value is 0.904. The van der Waals surface area contributed by atoms with Gasteiger partial charge in [-0.15, -0.1) is 0 Å². The van der Waals surface area contributed by atoms with Crippen LogP contribution in [0.1, 0.15) is 0 Å². The average molecular weight is 355 g/mol. The van der Waals surface area contributed by atoms with E-state index in [9.17, 15) is 0 Å². The molecule has 4 radical (unpaired) electrons. The van der Waals surface area contributed by atoms with Crippen LogP contribution in [-0.2, 0) is 42.4 Å². The Balaban J connectivity index is -0.000000107. The topological polar surface area (TPSA) is 149 Å². The summed E-state index contributed by atoms with van der Waals surface area (Å²) < 4.78 is 63.8. The SMILES string of the molecule is [O]=[Cr](=[O])([OH])[OH].[O]=[Cr](=[O])([OH])[OH].[Sn]. The minimum Gasteiger partial charge on any atom is 0 e. The van der Waals surface area contributed by atoms with Gasteiger partial charge in [0.25, 0.3) is 0 Å².